The molecular formula is C11H11Cl2N3O2S2. The predicted molar refractivity (Wildman–Crippen MR) is 84.4 cm³/mol. The molecule has 0 aliphatic heterocycles. The zero-order valence-electron chi connectivity index (χ0n) is 10.4. The molecule has 0 saturated carbocycles. The molecule has 1 aromatic carbocycles. The summed E-state index contributed by atoms with van der Waals surface area (Å²) in [5, 5.41) is 4.30. The number of sulfonamides is 1. The summed E-state index contributed by atoms with van der Waals surface area (Å²) in [6.07, 6.45) is 2.66. The maximum Gasteiger partial charge on any atom is 0.229 e. The molecule has 108 valence electrons. The van der Waals surface area contributed by atoms with Crippen molar-refractivity contribution in [2.75, 3.05) is 16.3 Å². The van der Waals surface area contributed by atoms with E-state index < -0.39 is 10.0 Å². The van der Waals surface area contributed by atoms with Gasteiger partial charge in [0.15, 0.2) is 0 Å². The van der Waals surface area contributed by atoms with Crippen molar-refractivity contribution in [3.05, 3.63) is 38.8 Å². The predicted octanol–water partition coefficient (Wildman–Crippen LogP) is 3.43. The van der Waals surface area contributed by atoms with E-state index in [0.717, 1.165) is 17.0 Å². The van der Waals surface area contributed by atoms with Crippen LogP contribution in [0.1, 0.15) is 5.01 Å². The fraction of sp³-hybridized carbons (Fsp3) is 0.182. The monoisotopic (exact) mass is 351 g/mol. The van der Waals surface area contributed by atoms with Gasteiger partial charge in [0.25, 0.3) is 0 Å². The molecule has 2 aromatic rings. The summed E-state index contributed by atoms with van der Waals surface area (Å²) in [5.41, 5.74) is 1.11. The summed E-state index contributed by atoms with van der Waals surface area (Å²) < 4.78 is 25.3. The van der Waals surface area contributed by atoms with Gasteiger partial charge in [0, 0.05) is 5.69 Å². The molecule has 0 saturated heterocycles. The molecule has 0 atom stereocenters. The fourth-order valence-electron chi connectivity index (χ4n) is 1.45. The van der Waals surface area contributed by atoms with E-state index in [-0.39, 0.29) is 0 Å². The minimum Gasteiger partial charge on any atom is -0.378 e. The Labute approximate surface area is 131 Å². The van der Waals surface area contributed by atoms with Crippen LogP contribution < -0.4 is 10.0 Å². The van der Waals surface area contributed by atoms with E-state index in [0.29, 0.717) is 21.6 Å². The molecule has 5 nitrogen and oxygen atoms in total. The highest BCUT2D eigenvalue weighted by Gasteiger charge is 2.07. The van der Waals surface area contributed by atoms with E-state index in [2.05, 4.69) is 15.0 Å². The van der Waals surface area contributed by atoms with Gasteiger partial charge in [-0.3, -0.25) is 4.72 Å². The Bertz CT molecular complexity index is 716. The summed E-state index contributed by atoms with van der Waals surface area (Å²) in [5.74, 6) is 0. The molecule has 2 N–H and O–H groups in total. The standard InChI is InChI=1S/C11H11Cl2N3O2S2/c1-20(17,18)16-9-3-2-7(4-8(9)12)14-6-11-15-5-10(13)19-11/h2-5,14,16H,6H2,1H3. The first-order valence-corrected chi connectivity index (χ1v) is 8.91. The van der Waals surface area contributed by atoms with E-state index >= 15 is 0 Å². The van der Waals surface area contributed by atoms with E-state index in [1.807, 2.05) is 0 Å². The van der Waals surface area contributed by atoms with Gasteiger partial charge in [-0.05, 0) is 18.2 Å². The Kier molecular flexibility index (Phi) is 4.74. The number of thiazole rings is 1. The zero-order valence-corrected chi connectivity index (χ0v) is 13.5. The van der Waals surface area contributed by atoms with Gasteiger partial charge in [-0.2, -0.15) is 0 Å². The topological polar surface area (TPSA) is 71.1 Å². The van der Waals surface area contributed by atoms with Crippen LogP contribution in [0.25, 0.3) is 0 Å². The lowest BCUT2D eigenvalue weighted by molar-refractivity contribution is 0.607. The average molecular weight is 352 g/mol. The largest absolute Gasteiger partial charge is 0.378 e. The quantitative estimate of drug-likeness (QED) is 0.865. The molecule has 0 aliphatic carbocycles. The van der Waals surface area contributed by atoms with Gasteiger partial charge in [0.05, 0.1) is 29.7 Å². The van der Waals surface area contributed by atoms with E-state index in [9.17, 15) is 8.42 Å². The molecule has 1 heterocycles. The maximum absolute atomic E-state index is 11.1. The van der Waals surface area contributed by atoms with Crippen LogP contribution in [-0.4, -0.2) is 19.7 Å². The fourth-order valence-corrected chi connectivity index (χ4v) is 3.21. The zero-order chi connectivity index (χ0) is 14.8. The van der Waals surface area contributed by atoms with Gasteiger partial charge < -0.3 is 5.32 Å². The third kappa shape index (κ3) is 4.52. The second kappa shape index (κ2) is 6.17. The summed E-state index contributed by atoms with van der Waals surface area (Å²) in [6.45, 7) is 0.520. The number of nitrogens with zero attached hydrogens (tertiary/aromatic N) is 1. The van der Waals surface area contributed by atoms with Crippen molar-refractivity contribution in [2.45, 2.75) is 6.54 Å². The van der Waals surface area contributed by atoms with E-state index in [4.69, 9.17) is 23.2 Å². The minimum atomic E-state index is -3.34. The summed E-state index contributed by atoms with van der Waals surface area (Å²) in [6, 6.07) is 4.97. The van der Waals surface area contributed by atoms with Crippen LogP contribution in [0, 0.1) is 0 Å². The van der Waals surface area contributed by atoms with Crippen molar-refractivity contribution in [3.63, 3.8) is 0 Å². The number of halogens is 2. The van der Waals surface area contributed by atoms with Crippen molar-refractivity contribution < 1.29 is 8.42 Å². The summed E-state index contributed by atoms with van der Waals surface area (Å²) in [7, 11) is -3.34. The number of nitrogens with one attached hydrogen (secondary N) is 2. The lowest BCUT2D eigenvalue weighted by Crippen LogP contribution is -2.10. The van der Waals surface area contributed by atoms with Crippen LogP contribution in [-0.2, 0) is 16.6 Å². The first-order valence-electron chi connectivity index (χ1n) is 5.45. The minimum absolute atomic E-state index is 0.317. The number of hydrogen-bond acceptors (Lipinski definition) is 5. The smallest absolute Gasteiger partial charge is 0.229 e. The number of benzene rings is 1. The first-order chi connectivity index (χ1) is 9.33. The van der Waals surface area contributed by atoms with Crippen LogP contribution in [0.4, 0.5) is 11.4 Å². The normalized spacial score (nSPS) is 11.3. The van der Waals surface area contributed by atoms with E-state index in [1.165, 1.54) is 11.3 Å². The van der Waals surface area contributed by atoms with Gasteiger partial charge in [-0.15, -0.1) is 11.3 Å². The number of anilines is 2. The first kappa shape index (κ1) is 15.4. The highest BCUT2D eigenvalue weighted by molar-refractivity contribution is 7.92. The average Bonchev–Trinajstić information content (AvgIpc) is 2.74. The summed E-state index contributed by atoms with van der Waals surface area (Å²) in [4.78, 5) is 4.12. The molecule has 2 rings (SSSR count). The molecule has 0 aliphatic rings. The van der Waals surface area contributed by atoms with Gasteiger partial charge in [0.1, 0.15) is 9.34 Å². The summed E-state index contributed by atoms with van der Waals surface area (Å²) >= 11 is 13.2. The Morgan fingerprint density at radius 3 is 2.65 bits per heavy atom. The van der Waals surface area contributed by atoms with Crippen molar-refractivity contribution in [1.29, 1.82) is 0 Å². The number of rotatable bonds is 5. The van der Waals surface area contributed by atoms with Crippen molar-refractivity contribution >= 4 is 55.9 Å². The van der Waals surface area contributed by atoms with Crippen LogP contribution in [0.5, 0.6) is 0 Å². The molecule has 20 heavy (non-hydrogen) atoms. The number of hydrogen-bond donors (Lipinski definition) is 2. The lowest BCUT2D eigenvalue weighted by atomic mass is 10.3. The highest BCUT2D eigenvalue weighted by atomic mass is 35.5. The second-order valence-electron chi connectivity index (χ2n) is 3.98. The molecule has 0 unspecified atom stereocenters. The lowest BCUT2D eigenvalue weighted by Gasteiger charge is -2.09. The van der Waals surface area contributed by atoms with Crippen LogP contribution in [0.2, 0.25) is 9.36 Å². The van der Waals surface area contributed by atoms with Gasteiger partial charge in [0.2, 0.25) is 10.0 Å². The van der Waals surface area contributed by atoms with Crippen LogP contribution in [0.3, 0.4) is 0 Å². The third-order valence-corrected chi connectivity index (χ3v) is 4.25. The number of aromatic nitrogens is 1. The van der Waals surface area contributed by atoms with Gasteiger partial charge in [-0.1, -0.05) is 23.2 Å². The van der Waals surface area contributed by atoms with Crippen LogP contribution >= 0.6 is 34.5 Å². The molecular weight excluding hydrogens is 341 g/mol. The van der Waals surface area contributed by atoms with Crippen molar-refractivity contribution in [1.82, 2.24) is 4.98 Å². The molecule has 0 spiro atoms. The molecule has 0 amide bonds. The molecule has 9 heteroatoms. The maximum atomic E-state index is 11.1. The van der Waals surface area contributed by atoms with Gasteiger partial charge in [-0.25, -0.2) is 13.4 Å². The highest BCUT2D eigenvalue weighted by Crippen LogP contribution is 2.27. The Balaban J connectivity index is 2.05. The van der Waals surface area contributed by atoms with Crippen molar-refractivity contribution in [2.24, 2.45) is 0 Å². The molecule has 1 aromatic heterocycles. The third-order valence-electron chi connectivity index (χ3n) is 2.23. The van der Waals surface area contributed by atoms with Crippen molar-refractivity contribution in [3.8, 4) is 0 Å². The van der Waals surface area contributed by atoms with Gasteiger partial charge >= 0.3 is 0 Å². The van der Waals surface area contributed by atoms with Crippen LogP contribution in [0.15, 0.2) is 24.4 Å². The Morgan fingerprint density at radius 2 is 2.10 bits per heavy atom. The Morgan fingerprint density at radius 1 is 1.35 bits per heavy atom. The second-order valence-corrected chi connectivity index (χ2v) is 7.88. The van der Waals surface area contributed by atoms with E-state index in [1.54, 1.807) is 24.4 Å². The Hall–Kier alpha value is -1.02. The molecule has 0 fully saturated rings. The SMILES string of the molecule is CS(=O)(=O)Nc1ccc(NCc2ncc(Cl)s2)cc1Cl. The molecule has 0 radical (unpaired) electrons. The molecule has 0 bridgehead atoms.